The molecule has 0 saturated heterocycles. The fraction of sp³-hybridized carbons (Fsp3) is 0.519. The first-order valence-corrected chi connectivity index (χ1v) is 13.5. The standard InChI is InChI=1S/C27H29BrF6N4/c1-16(2)18-9-10-20(19(28)13-18)37-21-5-3-4-6-22(21)38-23(24(27(32,33)34)35-25(37)38)14-36(15-26(29,30)31)12-11-17-7-8-17/h3-6,9-10,13,16-17,23-24H,7-8,11-12,14-15H2,1-2H3. The van der Waals surface area contributed by atoms with Crippen molar-refractivity contribution in [2.45, 2.75) is 63.5 Å². The molecule has 0 amide bonds. The highest BCUT2D eigenvalue weighted by molar-refractivity contribution is 9.10. The van der Waals surface area contributed by atoms with Crippen molar-refractivity contribution >= 4 is 39.0 Å². The molecule has 3 aliphatic rings. The number of para-hydroxylation sites is 2. The average molecular weight is 603 g/mol. The molecule has 2 aromatic rings. The van der Waals surface area contributed by atoms with Crippen molar-refractivity contribution in [1.82, 2.24) is 4.90 Å². The van der Waals surface area contributed by atoms with E-state index in [1.807, 2.05) is 32.0 Å². The van der Waals surface area contributed by atoms with E-state index in [4.69, 9.17) is 0 Å². The molecule has 11 heteroatoms. The van der Waals surface area contributed by atoms with Gasteiger partial charge in [-0.15, -0.1) is 0 Å². The van der Waals surface area contributed by atoms with E-state index in [2.05, 4.69) is 20.9 Å². The van der Waals surface area contributed by atoms with Crippen molar-refractivity contribution in [3.05, 3.63) is 52.5 Å². The molecule has 1 aliphatic carbocycles. The third-order valence-corrected chi connectivity index (χ3v) is 8.00. The van der Waals surface area contributed by atoms with Gasteiger partial charge in [-0.1, -0.05) is 44.9 Å². The predicted molar refractivity (Wildman–Crippen MR) is 140 cm³/mol. The Morgan fingerprint density at radius 1 is 1.00 bits per heavy atom. The van der Waals surface area contributed by atoms with Crippen LogP contribution in [0.15, 0.2) is 51.9 Å². The second-order valence-corrected chi connectivity index (χ2v) is 11.5. The number of alkyl halides is 6. The lowest BCUT2D eigenvalue weighted by atomic mass is 10.0. The van der Waals surface area contributed by atoms with Gasteiger partial charge in [0.15, 0.2) is 6.04 Å². The van der Waals surface area contributed by atoms with E-state index in [-0.39, 0.29) is 18.4 Å². The first-order valence-electron chi connectivity index (χ1n) is 12.7. The van der Waals surface area contributed by atoms with Gasteiger partial charge in [-0.25, -0.2) is 4.99 Å². The second-order valence-electron chi connectivity index (χ2n) is 10.6. The molecule has 2 aromatic carbocycles. The quantitative estimate of drug-likeness (QED) is 0.287. The van der Waals surface area contributed by atoms with Gasteiger partial charge in [-0.3, -0.25) is 9.80 Å². The number of halogens is 7. The topological polar surface area (TPSA) is 22.1 Å². The van der Waals surface area contributed by atoms with E-state index >= 15 is 0 Å². The van der Waals surface area contributed by atoms with Crippen LogP contribution in [-0.2, 0) is 0 Å². The highest BCUT2D eigenvalue weighted by atomic mass is 79.9. The third kappa shape index (κ3) is 5.54. The summed E-state index contributed by atoms with van der Waals surface area (Å²) in [5, 5.41) is 0. The molecule has 5 rings (SSSR count). The molecule has 2 aliphatic heterocycles. The summed E-state index contributed by atoms with van der Waals surface area (Å²) < 4.78 is 84.1. The fourth-order valence-electron chi connectivity index (χ4n) is 5.28. The lowest BCUT2D eigenvalue weighted by molar-refractivity contribution is -0.157. The van der Waals surface area contributed by atoms with E-state index in [9.17, 15) is 26.3 Å². The Balaban J connectivity index is 1.54. The van der Waals surface area contributed by atoms with Crippen molar-refractivity contribution in [2.75, 3.05) is 29.4 Å². The molecule has 0 spiro atoms. The lowest BCUT2D eigenvalue weighted by Crippen LogP contribution is -2.53. The molecule has 0 radical (unpaired) electrons. The van der Waals surface area contributed by atoms with Gasteiger partial charge in [0.2, 0.25) is 5.96 Å². The predicted octanol–water partition coefficient (Wildman–Crippen LogP) is 7.86. The van der Waals surface area contributed by atoms with Gasteiger partial charge < -0.3 is 4.90 Å². The van der Waals surface area contributed by atoms with Gasteiger partial charge >= 0.3 is 12.4 Å². The maximum Gasteiger partial charge on any atom is 0.412 e. The summed E-state index contributed by atoms with van der Waals surface area (Å²) in [6.07, 6.45) is -6.77. The number of benzene rings is 2. The SMILES string of the molecule is CC(C)c1ccc(N2C3=NC(C(F)(F)F)C(CN(CCC4CC4)CC(F)(F)F)N3c3ccccc32)c(Br)c1. The monoisotopic (exact) mass is 602 g/mol. The normalized spacial score (nSPS) is 21.4. The Kier molecular flexibility index (Phi) is 7.21. The summed E-state index contributed by atoms with van der Waals surface area (Å²) in [4.78, 5) is 8.42. The summed E-state index contributed by atoms with van der Waals surface area (Å²) in [6.45, 7) is 2.53. The number of nitrogens with zero attached hydrogens (tertiary/aromatic N) is 4. The zero-order valence-electron chi connectivity index (χ0n) is 21.0. The molecule has 1 fully saturated rings. The van der Waals surface area contributed by atoms with E-state index in [1.54, 1.807) is 29.2 Å². The van der Waals surface area contributed by atoms with Crippen LogP contribution >= 0.6 is 15.9 Å². The molecule has 2 atom stereocenters. The fourth-order valence-corrected chi connectivity index (χ4v) is 5.85. The molecule has 4 nitrogen and oxygen atoms in total. The number of fused-ring (bicyclic) bond motifs is 3. The molecular weight excluding hydrogens is 574 g/mol. The minimum atomic E-state index is -4.72. The molecule has 1 saturated carbocycles. The maximum absolute atomic E-state index is 14.4. The van der Waals surface area contributed by atoms with Crippen LogP contribution in [-0.4, -0.2) is 54.9 Å². The summed E-state index contributed by atoms with van der Waals surface area (Å²) in [7, 11) is 0. The summed E-state index contributed by atoms with van der Waals surface area (Å²) in [5.74, 6) is 0.681. The summed E-state index contributed by atoms with van der Waals surface area (Å²) >= 11 is 3.59. The number of hydrogen-bond donors (Lipinski definition) is 0. The van der Waals surface area contributed by atoms with Gasteiger partial charge in [0.05, 0.1) is 29.6 Å². The van der Waals surface area contributed by atoms with Crippen LogP contribution < -0.4 is 9.80 Å². The highest BCUT2D eigenvalue weighted by Crippen LogP contribution is 2.49. The second kappa shape index (κ2) is 10.0. The van der Waals surface area contributed by atoms with Gasteiger partial charge in [-0.2, -0.15) is 26.3 Å². The Morgan fingerprint density at radius 3 is 2.26 bits per heavy atom. The van der Waals surface area contributed by atoms with E-state index in [0.29, 0.717) is 33.9 Å². The molecule has 0 aromatic heterocycles. The molecule has 2 heterocycles. The van der Waals surface area contributed by atoms with Crippen LogP contribution in [0.1, 0.15) is 44.6 Å². The number of anilines is 3. The van der Waals surface area contributed by atoms with E-state index in [0.717, 1.165) is 23.3 Å². The Bertz CT molecular complexity index is 1210. The zero-order valence-corrected chi connectivity index (χ0v) is 22.6. The van der Waals surface area contributed by atoms with Crippen LogP contribution in [0.25, 0.3) is 0 Å². The minimum absolute atomic E-state index is 0.0747. The molecule has 38 heavy (non-hydrogen) atoms. The number of hydrogen-bond acceptors (Lipinski definition) is 4. The first kappa shape index (κ1) is 27.3. The lowest BCUT2D eigenvalue weighted by Gasteiger charge is -2.33. The molecular formula is C27H29BrF6N4. The number of rotatable bonds is 8. The number of guanidine groups is 1. The highest BCUT2D eigenvalue weighted by Gasteiger charge is 2.56. The summed E-state index contributed by atoms with van der Waals surface area (Å²) in [5.41, 5.74) is 2.81. The summed E-state index contributed by atoms with van der Waals surface area (Å²) in [6, 6.07) is 9.21. The van der Waals surface area contributed by atoms with Crippen molar-refractivity contribution in [1.29, 1.82) is 0 Å². The molecule has 0 bridgehead atoms. The van der Waals surface area contributed by atoms with Gasteiger partial charge in [0.25, 0.3) is 0 Å². The average Bonchev–Trinajstić information content (AvgIpc) is 3.49. The third-order valence-electron chi connectivity index (χ3n) is 7.36. The molecule has 0 N–H and O–H groups in total. The maximum atomic E-state index is 14.4. The first-order chi connectivity index (χ1) is 17.8. The van der Waals surface area contributed by atoms with Crippen LogP contribution in [0.2, 0.25) is 0 Å². The van der Waals surface area contributed by atoms with Crippen LogP contribution in [0.3, 0.4) is 0 Å². The van der Waals surface area contributed by atoms with E-state index < -0.39 is 37.5 Å². The van der Waals surface area contributed by atoms with Crippen LogP contribution in [0, 0.1) is 5.92 Å². The molecule has 2 unspecified atom stereocenters. The number of aliphatic imine (C=N–C) groups is 1. The van der Waals surface area contributed by atoms with Crippen molar-refractivity contribution < 1.29 is 26.3 Å². The Labute approximate surface area is 226 Å². The van der Waals surface area contributed by atoms with Crippen molar-refractivity contribution in [3.8, 4) is 0 Å². The Morgan fingerprint density at radius 2 is 1.68 bits per heavy atom. The zero-order chi connectivity index (χ0) is 27.4. The van der Waals surface area contributed by atoms with E-state index in [1.165, 1.54) is 4.90 Å². The molecule has 206 valence electrons. The van der Waals surface area contributed by atoms with Gasteiger partial charge in [0, 0.05) is 11.0 Å². The smallest absolute Gasteiger partial charge is 0.303 e. The van der Waals surface area contributed by atoms with Crippen LogP contribution in [0.5, 0.6) is 0 Å². The van der Waals surface area contributed by atoms with Crippen molar-refractivity contribution in [3.63, 3.8) is 0 Å². The minimum Gasteiger partial charge on any atom is -0.303 e. The van der Waals surface area contributed by atoms with Crippen molar-refractivity contribution in [2.24, 2.45) is 10.9 Å². The van der Waals surface area contributed by atoms with Crippen LogP contribution in [0.4, 0.5) is 43.4 Å². The van der Waals surface area contributed by atoms with Gasteiger partial charge in [0.1, 0.15) is 0 Å². The largest absolute Gasteiger partial charge is 0.412 e. The Hall–Kier alpha value is -2.27. The van der Waals surface area contributed by atoms with Gasteiger partial charge in [-0.05, 0) is 70.6 Å².